The molecule has 0 aliphatic rings. The lowest BCUT2D eigenvalue weighted by molar-refractivity contribution is 1.29. The summed E-state index contributed by atoms with van der Waals surface area (Å²) in [6.45, 7) is 0. The maximum atomic E-state index is 5.71. The molecule has 0 amide bonds. The van der Waals surface area contributed by atoms with Crippen LogP contribution in [0.25, 0.3) is 10.9 Å². The number of hydrogen-bond donors (Lipinski definition) is 0. The van der Waals surface area contributed by atoms with Gasteiger partial charge in [0.25, 0.3) is 0 Å². The van der Waals surface area contributed by atoms with E-state index in [4.69, 9.17) is 11.6 Å². The van der Waals surface area contributed by atoms with Gasteiger partial charge in [0.2, 0.25) is 0 Å². The van der Waals surface area contributed by atoms with Crippen LogP contribution < -0.4 is 0 Å². The summed E-state index contributed by atoms with van der Waals surface area (Å²) in [5.74, 6) is 0. The number of hydrogen-bond acceptors (Lipinski definition) is 2. The second-order valence-electron chi connectivity index (χ2n) is 2.33. The molecular formula is C8H4BrClN2. The molecule has 0 saturated heterocycles. The zero-order chi connectivity index (χ0) is 8.55. The quantitative estimate of drug-likeness (QED) is 0.665. The third-order valence-corrected chi connectivity index (χ3v) is 2.16. The molecule has 2 heterocycles. The average Bonchev–Trinajstić information content (AvgIpc) is 2.05. The molecule has 4 heteroatoms. The molecule has 0 aliphatic heterocycles. The van der Waals surface area contributed by atoms with Gasteiger partial charge in [-0.2, -0.15) is 0 Å². The Labute approximate surface area is 82.7 Å². The van der Waals surface area contributed by atoms with Gasteiger partial charge in [-0.15, -0.1) is 0 Å². The number of aromatic nitrogens is 2. The number of rotatable bonds is 0. The van der Waals surface area contributed by atoms with Crippen LogP contribution >= 0.6 is 27.5 Å². The molecular weight excluding hydrogens is 239 g/mol. The van der Waals surface area contributed by atoms with Crippen LogP contribution in [-0.2, 0) is 0 Å². The van der Waals surface area contributed by atoms with Crippen LogP contribution in [0.2, 0.25) is 5.15 Å². The van der Waals surface area contributed by atoms with Crippen LogP contribution in [0.5, 0.6) is 0 Å². The minimum Gasteiger partial charge on any atom is -0.242 e. The summed E-state index contributed by atoms with van der Waals surface area (Å²) >= 11 is 8.99. The van der Waals surface area contributed by atoms with E-state index in [1.54, 1.807) is 12.3 Å². The first kappa shape index (κ1) is 7.95. The Kier molecular flexibility index (Phi) is 1.98. The molecule has 0 N–H and O–H groups in total. The predicted octanol–water partition coefficient (Wildman–Crippen LogP) is 3.05. The number of halogens is 2. The van der Waals surface area contributed by atoms with E-state index in [0.29, 0.717) is 5.15 Å². The van der Waals surface area contributed by atoms with Crippen molar-refractivity contribution in [3.05, 3.63) is 34.2 Å². The van der Waals surface area contributed by atoms with E-state index in [0.717, 1.165) is 15.5 Å². The van der Waals surface area contributed by atoms with Crippen molar-refractivity contribution in [3.63, 3.8) is 0 Å². The lowest BCUT2D eigenvalue weighted by atomic mass is 10.3. The monoisotopic (exact) mass is 242 g/mol. The number of fused-ring (bicyclic) bond motifs is 1. The summed E-state index contributed by atoms with van der Waals surface area (Å²) in [5, 5.41) is 1.49. The summed E-state index contributed by atoms with van der Waals surface area (Å²) in [6, 6.07) is 5.61. The van der Waals surface area contributed by atoms with Crippen LogP contribution in [-0.4, -0.2) is 9.97 Å². The first-order chi connectivity index (χ1) is 5.75. The fraction of sp³-hybridized carbons (Fsp3) is 0. The van der Waals surface area contributed by atoms with Crippen LogP contribution in [0.1, 0.15) is 0 Å². The molecule has 0 aliphatic carbocycles. The van der Waals surface area contributed by atoms with Crippen molar-refractivity contribution >= 4 is 38.4 Å². The van der Waals surface area contributed by atoms with E-state index >= 15 is 0 Å². The van der Waals surface area contributed by atoms with Crippen LogP contribution in [0.3, 0.4) is 0 Å². The molecule has 2 nitrogen and oxygen atoms in total. The zero-order valence-corrected chi connectivity index (χ0v) is 8.30. The van der Waals surface area contributed by atoms with Crippen LogP contribution in [0.15, 0.2) is 29.0 Å². The highest BCUT2D eigenvalue weighted by atomic mass is 79.9. The normalized spacial score (nSPS) is 10.5. The predicted molar refractivity (Wildman–Crippen MR) is 52.2 cm³/mol. The zero-order valence-electron chi connectivity index (χ0n) is 5.96. The van der Waals surface area contributed by atoms with Crippen molar-refractivity contribution in [2.24, 2.45) is 0 Å². The Morgan fingerprint density at radius 3 is 3.00 bits per heavy atom. The largest absolute Gasteiger partial charge is 0.242 e. The molecule has 2 aromatic heterocycles. The van der Waals surface area contributed by atoms with Crippen molar-refractivity contribution in [3.8, 4) is 0 Å². The molecule has 0 spiro atoms. The summed E-state index contributed by atoms with van der Waals surface area (Å²) in [5.41, 5.74) is 0.841. The molecule has 0 bridgehead atoms. The molecule has 0 aromatic carbocycles. The van der Waals surface area contributed by atoms with Gasteiger partial charge in [-0.05, 0) is 34.1 Å². The van der Waals surface area contributed by atoms with E-state index in [-0.39, 0.29) is 0 Å². The minimum absolute atomic E-state index is 0.492. The van der Waals surface area contributed by atoms with Gasteiger partial charge in [-0.3, -0.25) is 0 Å². The Morgan fingerprint density at radius 2 is 2.17 bits per heavy atom. The molecule has 0 fully saturated rings. The lowest BCUT2D eigenvalue weighted by Gasteiger charge is -1.96. The van der Waals surface area contributed by atoms with E-state index in [2.05, 4.69) is 25.9 Å². The molecule has 60 valence electrons. The molecule has 0 atom stereocenters. The van der Waals surface area contributed by atoms with Gasteiger partial charge in [0.05, 0.1) is 11.7 Å². The second kappa shape index (κ2) is 2.99. The fourth-order valence-corrected chi connectivity index (χ4v) is 1.46. The van der Waals surface area contributed by atoms with E-state index < -0.39 is 0 Å². The summed E-state index contributed by atoms with van der Waals surface area (Å²) in [4.78, 5) is 8.14. The first-order valence-electron chi connectivity index (χ1n) is 3.33. The summed E-state index contributed by atoms with van der Waals surface area (Å²) < 4.78 is 0.805. The lowest BCUT2D eigenvalue weighted by Crippen LogP contribution is -1.81. The molecule has 0 radical (unpaired) electrons. The molecule has 12 heavy (non-hydrogen) atoms. The van der Waals surface area contributed by atoms with Crippen LogP contribution in [0, 0.1) is 0 Å². The molecule has 2 rings (SSSR count). The maximum absolute atomic E-state index is 5.71. The van der Waals surface area contributed by atoms with E-state index in [9.17, 15) is 0 Å². The van der Waals surface area contributed by atoms with Gasteiger partial charge < -0.3 is 0 Å². The van der Waals surface area contributed by atoms with E-state index in [1.165, 1.54) is 0 Å². The Morgan fingerprint density at radius 1 is 1.33 bits per heavy atom. The van der Waals surface area contributed by atoms with Crippen molar-refractivity contribution in [2.45, 2.75) is 0 Å². The summed E-state index contributed by atoms with van der Waals surface area (Å²) in [6.07, 6.45) is 1.66. The third kappa shape index (κ3) is 1.42. The SMILES string of the molecule is Clc1cc2ccc(Br)nc2cn1. The topological polar surface area (TPSA) is 25.8 Å². The van der Waals surface area contributed by atoms with Crippen molar-refractivity contribution < 1.29 is 0 Å². The highest BCUT2D eigenvalue weighted by Gasteiger charge is 1.96. The van der Waals surface area contributed by atoms with E-state index in [1.807, 2.05) is 12.1 Å². The second-order valence-corrected chi connectivity index (χ2v) is 3.53. The van der Waals surface area contributed by atoms with Gasteiger partial charge in [0.1, 0.15) is 9.76 Å². The Bertz CT molecular complexity index is 389. The maximum Gasteiger partial charge on any atom is 0.129 e. The third-order valence-electron chi connectivity index (χ3n) is 1.51. The van der Waals surface area contributed by atoms with Gasteiger partial charge in [0, 0.05) is 5.39 Å². The molecule has 0 saturated carbocycles. The molecule has 0 unspecified atom stereocenters. The smallest absolute Gasteiger partial charge is 0.129 e. The van der Waals surface area contributed by atoms with Gasteiger partial charge in [0.15, 0.2) is 0 Å². The van der Waals surface area contributed by atoms with Crippen molar-refractivity contribution in [1.82, 2.24) is 9.97 Å². The number of nitrogens with zero attached hydrogens (tertiary/aromatic N) is 2. The highest BCUT2D eigenvalue weighted by Crippen LogP contribution is 2.17. The van der Waals surface area contributed by atoms with Gasteiger partial charge in [-0.1, -0.05) is 11.6 Å². The standard InChI is InChI=1S/C8H4BrClN2/c9-7-2-1-5-3-8(10)11-4-6(5)12-7/h1-4H. The van der Waals surface area contributed by atoms with Gasteiger partial charge in [-0.25, -0.2) is 9.97 Å². The van der Waals surface area contributed by atoms with Gasteiger partial charge >= 0.3 is 0 Å². The molecule has 2 aromatic rings. The van der Waals surface area contributed by atoms with Crippen molar-refractivity contribution in [2.75, 3.05) is 0 Å². The number of pyridine rings is 2. The Hall–Kier alpha value is -0.670. The minimum atomic E-state index is 0.492. The Balaban J connectivity index is 2.79. The fourth-order valence-electron chi connectivity index (χ4n) is 0.975. The van der Waals surface area contributed by atoms with Crippen molar-refractivity contribution in [1.29, 1.82) is 0 Å². The first-order valence-corrected chi connectivity index (χ1v) is 4.50. The summed E-state index contributed by atoms with van der Waals surface area (Å²) in [7, 11) is 0. The highest BCUT2D eigenvalue weighted by molar-refractivity contribution is 9.10. The average molecular weight is 243 g/mol. The van der Waals surface area contributed by atoms with Crippen LogP contribution in [0.4, 0.5) is 0 Å².